The smallest absolute Gasteiger partial charge is 0.344 e. The molecule has 162 valence electrons. The van der Waals surface area contributed by atoms with Gasteiger partial charge in [-0.1, -0.05) is 17.7 Å². The van der Waals surface area contributed by atoms with E-state index < -0.39 is 27.6 Å². The van der Waals surface area contributed by atoms with Crippen LogP contribution in [0.4, 0.5) is 10.1 Å². The summed E-state index contributed by atoms with van der Waals surface area (Å²) in [6, 6.07) is 7.68. The second kappa shape index (κ2) is 8.39. The summed E-state index contributed by atoms with van der Waals surface area (Å²) in [4.78, 5) is 19.6. The molecule has 1 saturated heterocycles. The van der Waals surface area contributed by atoms with Crippen LogP contribution >= 0.6 is 11.6 Å². The van der Waals surface area contributed by atoms with Crippen LogP contribution in [0, 0.1) is 5.82 Å². The highest BCUT2D eigenvalue weighted by Gasteiger charge is 2.21. The first-order chi connectivity index (χ1) is 14.7. The van der Waals surface area contributed by atoms with Gasteiger partial charge in [0.2, 0.25) is 0 Å². The number of hydrogen-bond donors (Lipinski definition) is 1. The Hall–Kier alpha value is -2.78. The maximum Gasteiger partial charge on any atom is 0.344 e. The van der Waals surface area contributed by atoms with Crippen molar-refractivity contribution in [2.75, 3.05) is 11.5 Å². The molecule has 0 unspecified atom stereocenters. The molecule has 10 heteroatoms. The van der Waals surface area contributed by atoms with Crippen molar-refractivity contribution in [2.24, 2.45) is 4.36 Å². The Kier molecular flexibility index (Phi) is 5.81. The van der Waals surface area contributed by atoms with Crippen LogP contribution in [0.5, 0.6) is 5.75 Å². The minimum absolute atomic E-state index is 0.169. The van der Waals surface area contributed by atoms with Gasteiger partial charge in [-0.25, -0.2) is 23.4 Å². The zero-order valence-corrected chi connectivity index (χ0v) is 18.1. The van der Waals surface area contributed by atoms with Gasteiger partial charge in [0.25, 0.3) is 0 Å². The van der Waals surface area contributed by atoms with Crippen molar-refractivity contribution in [3.63, 3.8) is 0 Å². The summed E-state index contributed by atoms with van der Waals surface area (Å²) in [5.74, 6) is -0.357. The lowest BCUT2D eigenvalue weighted by Gasteiger charge is -2.18. The van der Waals surface area contributed by atoms with Gasteiger partial charge in [0.05, 0.1) is 32.0 Å². The number of aromatic nitrogens is 2. The van der Waals surface area contributed by atoms with Gasteiger partial charge in [0.1, 0.15) is 17.9 Å². The third kappa shape index (κ3) is 4.62. The SMILES string of the molecule is C[C@@H](Oc1cc(Cl)ccc1Cc1ncnc2cc(N=S3(=O)CCC3)cc(F)c12)C(=O)O. The van der Waals surface area contributed by atoms with E-state index in [9.17, 15) is 9.00 Å². The molecule has 0 radical (unpaired) electrons. The number of nitrogens with zero attached hydrogens (tertiary/aromatic N) is 3. The molecule has 2 aromatic carbocycles. The van der Waals surface area contributed by atoms with Crippen molar-refractivity contribution in [1.29, 1.82) is 0 Å². The molecule has 0 aliphatic carbocycles. The van der Waals surface area contributed by atoms with Crippen LogP contribution < -0.4 is 4.74 Å². The third-order valence-electron chi connectivity index (χ3n) is 4.99. The first-order valence-electron chi connectivity index (χ1n) is 9.58. The molecule has 0 bridgehead atoms. The van der Waals surface area contributed by atoms with Crippen LogP contribution in [0.15, 0.2) is 41.0 Å². The van der Waals surface area contributed by atoms with Gasteiger partial charge < -0.3 is 9.84 Å². The Morgan fingerprint density at radius 3 is 2.77 bits per heavy atom. The lowest BCUT2D eigenvalue weighted by Crippen LogP contribution is -2.23. The summed E-state index contributed by atoms with van der Waals surface area (Å²) < 4.78 is 37.2. The first-order valence-corrected chi connectivity index (χ1v) is 11.8. The molecule has 7 nitrogen and oxygen atoms in total. The van der Waals surface area contributed by atoms with Crippen molar-refractivity contribution >= 4 is 43.9 Å². The second-order valence-electron chi connectivity index (χ2n) is 7.29. The molecular weight excluding hydrogens is 445 g/mol. The number of ether oxygens (including phenoxy) is 1. The topological polar surface area (TPSA) is 102 Å². The Balaban J connectivity index is 1.74. The number of carbonyl (C=O) groups is 1. The minimum Gasteiger partial charge on any atom is -0.479 e. The number of carboxylic acids is 1. The molecule has 3 aromatic rings. The summed E-state index contributed by atoms with van der Waals surface area (Å²) in [6.45, 7) is 1.41. The highest BCUT2D eigenvalue weighted by Crippen LogP contribution is 2.31. The number of halogens is 2. The van der Waals surface area contributed by atoms with E-state index in [0.717, 1.165) is 6.42 Å². The Morgan fingerprint density at radius 1 is 1.32 bits per heavy atom. The molecule has 2 heterocycles. The van der Waals surface area contributed by atoms with Gasteiger partial charge in [-0.3, -0.25) is 0 Å². The summed E-state index contributed by atoms with van der Waals surface area (Å²) in [7, 11) is -2.28. The predicted octanol–water partition coefficient (Wildman–Crippen LogP) is 4.37. The zero-order valence-electron chi connectivity index (χ0n) is 16.5. The Bertz CT molecular complexity index is 1300. The molecule has 0 amide bonds. The summed E-state index contributed by atoms with van der Waals surface area (Å²) >= 11 is 6.04. The molecule has 0 spiro atoms. The van der Waals surface area contributed by atoms with E-state index in [1.165, 1.54) is 25.4 Å². The maximum atomic E-state index is 15.0. The molecule has 0 saturated carbocycles. The normalized spacial score (nSPS) is 15.8. The fourth-order valence-electron chi connectivity index (χ4n) is 3.26. The second-order valence-corrected chi connectivity index (χ2v) is 10.3. The first kappa shape index (κ1) is 21.5. The number of rotatable bonds is 6. The highest BCUT2D eigenvalue weighted by molar-refractivity contribution is 7.95. The van der Waals surface area contributed by atoms with E-state index in [1.807, 2.05) is 0 Å². The van der Waals surface area contributed by atoms with Crippen LogP contribution in [-0.4, -0.2) is 42.9 Å². The van der Waals surface area contributed by atoms with Gasteiger partial charge in [-0.2, -0.15) is 4.36 Å². The summed E-state index contributed by atoms with van der Waals surface area (Å²) in [5.41, 5.74) is 1.65. The van der Waals surface area contributed by atoms with E-state index in [-0.39, 0.29) is 17.6 Å². The van der Waals surface area contributed by atoms with Gasteiger partial charge in [-0.15, -0.1) is 0 Å². The van der Waals surface area contributed by atoms with Crippen LogP contribution in [-0.2, 0) is 20.9 Å². The number of fused-ring (bicyclic) bond motifs is 1. The van der Waals surface area contributed by atoms with Crippen LogP contribution in [0.25, 0.3) is 10.9 Å². The maximum absolute atomic E-state index is 15.0. The van der Waals surface area contributed by atoms with E-state index in [0.29, 0.717) is 39.0 Å². The van der Waals surface area contributed by atoms with Crippen molar-refractivity contribution in [2.45, 2.75) is 25.9 Å². The molecule has 4 rings (SSSR count). The summed E-state index contributed by atoms with van der Waals surface area (Å²) in [5, 5.41) is 9.74. The lowest BCUT2D eigenvalue weighted by molar-refractivity contribution is -0.144. The third-order valence-corrected chi connectivity index (χ3v) is 7.62. The van der Waals surface area contributed by atoms with E-state index in [1.54, 1.807) is 18.2 Å². The largest absolute Gasteiger partial charge is 0.479 e. The van der Waals surface area contributed by atoms with E-state index in [2.05, 4.69) is 14.3 Å². The van der Waals surface area contributed by atoms with Crippen LogP contribution in [0.2, 0.25) is 5.02 Å². The molecule has 1 atom stereocenters. The predicted molar refractivity (Wildman–Crippen MR) is 116 cm³/mol. The fraction of sp³-hybridized carbons (Fsp3) is 0.286. The molecule has 1 aliphatic heterocycles. The number of benzene rings is 2. The van der Waals surface area contributed by atoms with Gasteiger partial charge in [-0.05, 0) is 31.5 Å². The fourth-order valence-corrected chi connectivity index (χ4v) is 4.87. The molecule has 1 aromatic heterocycles. The lowest BCUT2D eigenvalue weighted by atomic mass is 10.0. The number of hydrogen-bond acceptors (Lipinski definition) is 6. The molecular formula is C21H19ClFN3O4S. The van der Waals surface area contributed by atoms with Crippen molar-refractivity contribution < 1.29 is 23.2 Å². The van der Waals surface area contributed by atoms with Crippen molar-refractivity contribution in [3.05, 3.63) is 58.8 Å². The zero-order chi connectivity index (χ0) is 22.2. The Morgan fingerprint density at radius 2 is 2.10 bits per heavy atom. The average molecular weight is 464 g/mol. The summed E-state index contributed by atoms with van der Waals surface area (Å²) in [6.07, 6.45) is 1.26. The molecule has 31 heavy (non-hydrogen) atoms. The molecule has 1 aliphatic rings. The number of aliphatic carboxylic acids is 1. The van der Waals surface area contributed by atoms with Gasteiger partial charge >= 0.3 is 5.97 Å². The monoisotopic (exact) mass is 463 g/mol. The van der Waals surface area contributed by atoms with Crippen molar-refractivity contribution in [1.82, 2.24) is 9.97 Å². The van der Waals surface area contributed by atoms with Gasteiger partial charge in [0.15, 0.2) is 6.10 Å². The van der Waals surface area contributed by atoms with E-state index in [4.69, 9.17) is 21.4 Å². The van der Waals surface area contributed by atoms with Crippen LogP contribution in [0.3, 0.4) is 0 Å². The average Bonchev–Trinajstić information content (AvgIpc) is 2.68. The molecule has 1 N–H and O–H groups in total. The number of carboxylic acid groups (broad SMARTS) is 1. The standard InChI is InChI=1S/C21H19ClFN3O4S/c1-12(21(27)28)30-19-8-14(22)4-3-13(19)7-17-20-16(23)9-15(10-18(20)25-11-24-17)26-31(29)5-2-6-31/h3-4,8-12H,2,5-7H2,1H3,(H,27,28)/t12-/m1/s1. The highest BCUT2D eigenvalue weighted by atomic mass is 35.5. The van der Waals surface area contributed by atoms with Crippen molar-refractivity contribution in [3.8, 4) is 5.75 Å². The Labute approximate surface area is 183 Å². The van der Waals surface area contributed by atoms with Gasteiger partial charge in [0, 0.05) is 34.6 Å². The van der Waals surface area contributed by atoms with Crippen LogP contribution in [0.1, 0.15) is 24.6 Å². The molecule has 1 fully saturated rings. The van der Waals surface area contributed by atoms with E-state index >= 15 is 4.39 Å². The quantitative estimate of drug-likeness (QED) is 0.582. The minimum atomic E-state index is -2.28.